The SMILES string of the molecule is CC(=O)[C@@](O)(C(=O)Cl)c1ccccc1. The normalized spacial score (nSPS) is 14.5. The maximum Gasteiger partial charge on any atom is 0.265 e. The number of hydrogen-bond donors (Lipinski definition) is 1. The van der Waals surface area contributed by atoms with Gasteiger partial charge in [0.1, 0.15) is 0 Å². The lowest BCUT2D eigenvalue weighted by Crippen LogP contribution is -2.39. The van der Waals surface area contributed by atoms with Gasteiger partial charge in [-0.2, -0.15) is 0 Å². The zero-order valence-corrected chi connectivity index (χ0v) is 8.28. The van der Waals surface area contributed by atoms with Gasteiger partial charge in [-0.1, -0.05) is 30.3 Å². The zero-order chi connectivity index (χ0) is 10.8. The molecule has 3 nitrogen and oxygen atoms in total. The van der Waals surface area contributed by atoms with Crippen molar-refractivity contribution in [1.82, 2.24) is 0 Å². The van der Waals surface area contributed by atoms with Gasteiger partial charge in [0, 0.05) is 0 Å². The molecule has 74 valence electrons. The Kier molecular flexibility index (Phi) is 3.03. The van der Waals surface area contributed by atoms with Gasteiger partial charge >= 0.3 is 0 Å². The van der Waals surface area contributed by atoms with E-state index in [-0.39, 0.29) is 5.56 Å². The van der Waals surface area contributed by atoms with Crippen LogP contribution in [-0.4, -0.2) is 16.1 Å². The summed E-state index contributed by atoms with van der Waals surface area (Å²) in [6.07, 6.45) is 0. The van der Waals surface area contributed by atoms with Crippen molar-refractivity contribution in [2.24, 2.45) is 0 Å². The van der Waals surface area contributed by atoms with Crippen molar-refractivity contribution in [1.29, 1.82) is 0 Å². The number of aliphatic hydroxyl groups is 1. The van der Waals surface area contributed by atoms with E-state index in [1.165, 1.54) is 12.1 Å². The second-order valence-corrected chi connectivity index (χ2v) is 3.25. The molecule has 0 aromatic heterocycles. The molecule has 0 spiro atoms. The molecule has 0 radical (unpaired) electrons. The number of halogens is 1. The topological polar surface area (TPSA) is 54.4 Å². The van der Waals surface area contributed by atoms with E-state index < -0.39 is 16.6 Å². The smallest absolute Gasteiger partial charge is 0.265 e. The summed E-state index contributed by atoms with van der Waals surface area (Å²) < 4.78 is 0. The van der Waals surface area contributed by atoms with Crippen LogP contribution < -0.4 is 0 Å². The van der Waals surface area contributed by atoms with Gasteiger partial charge in [0.05, 0.1) is 0 Å². The maximum absolute atomic E-state index is 11.2. The van der Waals surface area contributed by atoms with Crippen LogP contribution in [0.4, 0.5) is 0 Å². The predicted molar refractivity (Wildman–Crippen MR) is 51.9 cm³/mol. The van der Waals surface area contributed by atoms with Gasteiger partial charge in [-0.25, -0.2) is 0 Å². The van der Waals surface area contributed by atoms with Gasteiger partial charge in [0.2, 0.25) is 5.60 Å². The molecule has 0 fully saturated rings. The standard InChI is InChI=1S/C10H9ClO3/c1-7(12)10(14,9(11)13)8-5-3-2-4-6-8/h2-6,14H,1H3/t10-/m0/s1. The third kappa shape index (κ3) is 1.69. The molecule has 0 aliphatic heterocycles. The molecule has 0 saturated heterocycles. The summed E-state index contributed by atoms with van der Waals surface area (Å²) >= 11 is 5.20. The molecule has 0 bridgehead atoms. The fraction of sp³-hybridized carbons (Fsp3) is 0.200. The Labute approximate surface area is 86.3 Å². The Morgan fingerprint density at radius 2 is 1.79 bits per heavy atom. The van der Waals surface area contributed by atoms with Crippen LogP contribution in [0.25, 0.3) is 0 Å². The van der Waals surface area contributed by atoms with Crippen molar-refractivity contribution in [3.8, 4) is 0 Å². The molecule has 0 saturated carbocycles. The van der Waals surface area contributed by atoms with Crippen molar-refractivity contribution in [3.63, 3.8) is 0 Å². The van der Waals surface area contributed by atoms with Gasteiger partial charge < -0.3 is 5.11 Å². The Balaban J connectivity index is 3.27. The molecule has 0 amide bonds. The van der Waals surface area contributed by atoms with Crippen LogP contribution in [-0.2, 0) is 15.2 Å². The van der Waals surface area contributed by atoms with Crippen LogP contribution in [0.5, 0.6) is 0 Å². The second kappa shape index (κ2) is 3.90. The first-order chi connectivity index (χ1) is 6.49. The summed E-state index contributed by atoms with van der Waals surface area (Å²) in [5.74, 6) is -0.691. The molecular formula is C10H9ClO3. The van der Waals surface area contributed by atoms with Crippen LogP contribution in [0.2, 0.25) is 0 Å². The molecule has 0 aliphatic rings. The van der Waals surface area contributed by atoms with Gasteiger partial charge in [0.25, 0.3) is 5.24 Å². The highest BCUT2D eigenvalue weighted by Gasteiger charge is 2.41. The van der Waals surface area contributed by atoms with E-state index >= 15 is 0 Å². The van der Waals surface area contributed by atoms with E-state index in [0.29, 0.717) is 0 Å². The van der Waals surface area contributed by atoms with E-state index in [9.17, 15) is 14.7 Å². The molecule has 0 aliphatic carbocycles. The molecule has 1 N–H and O–H groups in total. The first kappa shape index (κ1) is 10.9. The molecule has 14 heavy (non-hydrogen) atoms. The molecule has 1 atom stereocenters. The number of ketones is 1. The van der Waals surface area contributed by atoms with Crippen molar-refractivity contribution < 1.29 is 14.7 Å². The lowest BCUT2D eigenvalue weighted by molar-refractivity contribution is -0.145. The first-order valence-corrected chi connectivity index (χ1v) is 4.36. The summed E-state index contributed by atoms with van der Waals surface area (Å²) in [4.78, 5) is 22.2. The van der Waals surface area contributed by atoms with Gasteiger partial charge in [0.15, 0.2) is 5.78 Å². The average molecular weight is 213 g/mol. The summed E-state index contributed by atoms with van der Waals surface area (Å²) in [5.41, 5.74) is -2.03. The monoisotopic (exact) mass is 212 g/mol. The van der Waals surface area contributed by atoms with E-state index in [1.807, 2.05) is 0 Å². The second-order valence-electron chi connectivity index (χ2n) is 2.91. The molecule has 4 heteroatoms. The number of carbonyl (C=O) groups excluding carboxylic acids is 2. The fourth-order valence-corrected chi connectivity index (χ4v) is 1.38. The van der Waals surface area contributed by atoms with Crippen LogP contribution in [0, 0.1) is 0 Å². The quantitative estimate of drug-likeness (QED) is 0.606. The molecule has 1 aromatic rings. The van der Waals surface area contributed by atoms with E-state index in [4.69, 9.17) is 11.6 Å². The molecule has 0 heterocycles. The fourth-order valence-electron chi connectivity index (χ4n) is 1.13. The highest BCUT2D eigenvalue weighted by Crippen LogP contribution is 2.24. The van der Waals surface area contributed by atoms with Crippen LogP contribution in [0.1, 0.15) is 12.5 Å². The summed E-state index contributed by atoms with van der Waals surface area (Å²) in [7, 11) is 0. The van der Waals surface area contributed by atoms with E-state index in [0.717, 1.165) is 6.92 Å². The Morgan fingerprint density at radius 1 is 1.29 bits per heavy atom. The predicted octanol–water partition coefficient (Wildman–Crippen LogP) is 1.23. The highest BCUT2D eigenvalue weighted by atomic mass is 35.5. The van der Waals surface area contributed by atoms with Crippen molar-refractivity contribution in [2.45, 2.75) is 12.5 Å². The van der Waals surface area contributed by atoms with Crippen LogP contribution in [0.3, 0.4) is 0 Å². The minimum atomic E-state index is -2.22. The lowest BCUT2D eigenvalue weighted by atomic mass is 9.91. The molecular weight excluding hydrogens is 204 g/mol. The van der Waals surface area contributed by atoms with E-state index in [1.54, 1.807) is 18.2 Å². The number of Topliss-reactive ketones (excluding diaryl/α,β-unsaturated/α-hetero) is 1. The van der Waals surface area contributed by atoms with Crippen molar-refractivity contribution in [3.05, 3.63) is 35.9 Å². The zero-order valence-electron chi connectivity index (χ0n) is 7.53. The number of carbonyl (C=O) groups is 2. The largest absolute Gasteiger partial charge is 0.370 e. The van der Waals surface area contributed by atoms with E-state index in [2.05, 4.69) is 0 Å². The summed E-state index contributed by atoms with van der Waals surface area (Å²) in [5, 5.41) is 8.72. The lowest BCUT2D eigenvalue weighted by Gasteiger charge is -2.20. The number of hydrogen-bond acceptors (Lipinski definition) is 3. The third-order valence-electron chi connectivity index (χ3n) is 1.99. The average Bonchev–Trinajstić information content (AvgIpc) is 2.17. The molecule has 0 unspecified atom stereocenters. The highest BCUT2D eigenvalue weighted by molar-refractivity contribution is 6.67. The molecule has 1 aromatic carbocycles. The van der Waals surface area contributed by atoms with Gasteiger partial charge in [-0.05, 0) is 24.1 Å². The van der Waals surface area contributed by atoms with Crippen molar-refractivity contribution >= 4 is 22.6 Å². The minimum absolute atomic E-state index is 0.188. The first-order valence-electron chi connectivity index (χ1n) is 3.98. The maximum atomic E-state index is 11.2. The van der Waals surface area contributed by atoms with Crippen molar-refractivity contribution in [2.75, 3.05) is 0 Å². The Bertz CT molecular complexity index is 345. The third-order valence-corrected chi connectivity index (χ3v) is 2.26. The van der Waals surface area contributed by atoms with Crippen LogP contribution >= 0.6 is 11.6 Å². The Hall–Kier alpha value is -1.19. The van der Waals surface area contributed by atoms with Gasteiger partial charge in [-0.3, -0.25) is 9.59 Å². The van der Waals surface area contributed by atoms with Crippen LogP contribution in [0.15, 0.2) is 30.3 Å². The summed E-state index contributed by atoms with van der Waals surface area (Å²) in [6, 6.07) is 7.89. The number of benzene rings is 1. The minimum Gasteiger partial charge on any atom is -0.370 e. The van der Waals surface area contributed by atoms with Gasteiger partial charge in [-0.15, -0.1) is 0 Å². The Morgan fingerprint density at radius 3 is 2.14 bits per heavy atom. The summed E-state index contributed by atoms with van der Waals surface area (Å²) in [6.45, 7) is 1.12. The number of rotatable bonds is 3. The molecule has 1 rings (SSSR count).